The first-order chi connectivity index (χ1) is 11.4. The van der Waals surface area contributed by atoms with Crippen LogP contribution < -0.4 is 20.1 Å². The number of ether oxygens (including phenoxy) is 1. The Kier molecular flexibility index (Phi) is 8.49. The van der Waals surface area contributed by atoms with E-state index in [0.717, 1.165) is 19.6 Å². The molecule has 132 valence electrons. The van der Waals surface area contributed by atoms with Crippen LogP contribution in [0.2, 0.25) is 0 Å². The Morgan fingerprint density at radius 1 is 1.04 bits per heavy atom. The summed E-state index contributed by atoms with van der Waals surface area (Å²) in [6, 6.07) is 6.34. The van der Waals surface area contributed by atoms with E-state index in [1.54, 1.807) is 24.3 Å². The molecule has 7 nitrogen and oxygen atoms in total. The van der Waals surface area contributed by atoms with E-state index >= 15 is 0 Å². The number of aliphatic carboxylic acids is 1. The van der Waals surface area contributed by atoms with E-state index in [1.807, 2.05) is 0 Å². The Balaban J connectivity index is 2.42. The Bertz CT molecular complexity index is 553. The minimum atomic E-state index is -1.26. The van der Waals surface area contributed by atoms with Crippen molar-refractivity contribution in [3.63, 3.8) is 0 Å². The van der Waals surface area contributed by atoms with Gasteiger partial charge in [-0.05, 0) is 44.5 Å². The second kappa shape index (κ2) is 10.4. The van der Waals surface area contributed by atoms with Gasteiger partial charge in [-0.1, -0.05) is 0 Å². The molecule has 7 heteroatoms. The Morgan fingerprint density at radius 3 is 2.21 bits per heavy atom. The van der Waals surface area contributed by atoms with Crippen molar-refractivity contribution in [2.75, 3.05) is 25.0 Å². The molecule has 0 radical (unpaired) electrons. The quantitative estimate of drug-likeness (QED) is 0.438. The second-order valence-corrected chi connectivity index (χ2v) is 5.38. The number of carbonyl (C=O) groups is 3. The van der Waals surface area contributed by atoms with Gasteiger partial charge in [0.1, 0.15) is 5.75 Å². The molecule has 0 aliphatic rings. The van der Waals surface area contributed by atoms with Crippen LogP contribution >= 0.6 is 0 Å². The maximum absolute atomic E-state index is 11.8. The van der Waals surface area contributed by atoms with Gasteiger partial charge in [-0.2, -0.15) is 0 Å². The monoisotopic (exact) mass is 336 g/mol. The largest absolute Gasteiger partial charge is 0.550 e. The smallest absolute Gasteiger partial charge is 0.316 e. The van der Waals surface area contributed by atoms with Crippen molar-refractivity contribution >= 4 is 23.5 Å². The zero-order valence-corrected chi connectivity index (χ0v) is 14.1. The highest BCUT2D eigenvalue weighted by atomic mass is 16.5. The molecule has 0 atom stereocenters. The molecule has 24 heavy (non-hydrogen) atoms. The van der Waals surface area contributed by atoms with Crippen LogP contribution in [0.1, 0.15) is 33.1 Å². The zero-order chi connectivity index (χ0) is 17.9. The number of amides is 1. The highest BCUT2D eigenvalue weighted by Crippen LogP contribution is 2.16. The molecule has 1 amide bonds. The van der Waals surface area contributed by atoms with E-state index in [0.29, 0.717) is 17.9 Å². The first kappa shape index (κ1) is 19.6. The first-order valence-electron chi connectivity index (χ1n) is 8.08. The van der Waals surface area contributed by atoms with Gasteiger partial charge in [0, 0.05) is 18.1 Å². The molecule has 1 rings (SSSR count). The molecule has 1 aromatic carbocycles. The topological polar surface area (TPSA) is 100.0 Å². The van der Waals surface area contributed by atoms with Crippen LogP contribution in [0.15, 0.2) is 24.3 Å². The van der Waals surface area contributed by atoms with Gasteiger partial charge in [0.15, 0.2) is 0 Å². The molecule has 0 saturated carbocycles. The van der Waals surface area contributed by atoms with Crippen molar-refractivity contribution in [3.05, 3.63) is 24.3 Å². The van der Waals surface area contributed by atoms with E-state index in [2.05, 4.69) is 19.2 Å². The van der Waals surface area contributed by atoms with Gasteiger partial charge in [0.25, 0.3) is 0 Å². The van der Waals surface area contributed by atoms with E-state index in [4.69, 9.17) is 4.74 Å². The van der Waals surface area contributed by atoms with Crippen LogP contribution in [0.4, 0.5) is 5.69 Å². The maximum Gasteiger partial charge on any atom is 0.316 e. The lowest BCUT2D eigenvalue weighted by Crippen LogP contribution is -3.11. The van der Waals surface area contributed by atoms with Crippen molar-refractivity contribution in [2.45, 2.75) is 33.1 Å². The number of quaternary nitrogens is 1. The zero-order valence-electron chi connectivity index (χ0n) is 14.1. The van der Waals surface area contributed by atoms with Crippen LogP contribution in [-0.2, 0) is 14.4 Å². The molecule has 0 unspecified atom stereocenters. The van der Waals surface area contributed by atoms with Crippen LogP contribution in [0.25, 0.3) is 0 Å². The van der Waals surface area contributed by atoms with Crippen molar-refractivity contribution in [1.82, 2.24) is 0 Å². The van der Waals surface area contributed by atoms with Crippen LogP contribution in [-0.4, -0.2) is 37.5 Å². The maximum atomic E-state index is 11.8. The molecular formula is C17H24N2O5. The number of carboxylic acid groups (broad SMARTS) is 1. The number of hydrogen-bond donors (Lipinski definition) is 2. The summed E-state index contributed by atoms with van der Waals surface area (Å²) in [5.74, 6) is -1.56. The molecule has 0 bridgehead atoms. The normalized spacial score (nSPS) is 10.5. The number of carboxylic acids is 1. The fraction of sp³-hybridized carbons (Fsp3) is 0.471. The number of esters is 1. The summed E-state index contributed by atoms with van der Waals surface area (Å²) in [5.41, 5.74) is 0.505. The number of carbonyl (C=O) groups excluding carboxylic acids is 3. The fourth-order valence-electron chi connectivity index (χ4n) is 2.11. The fourth-order valence-corrected chi connectivity index (χ4v) is 2.11. The Labute approximate surface area is 141 Å². The summed E-state index contributed by atoms with van der Waals surface area (Å²) in [6.45, 7) is 6.82. The SMILES string of the molecule is CC[NH+](CC)CCC(=O)Oc1ccc(NC(=O)CCC(=O)[O-])cc1. The number of hydrogen-bond acceptors (Lipinski definition) is 5. The van der Waals surface area contributed by atoms with Crippen molar-refractivity contribution in [2.24, 2.45) is 0 Å². The predicted molar refractivity (Wildman–Crippen MR) is 86.5 cm³/mol. The lowest BCUT2D eigenvalue weighted by Gasteiger charge is -2.14. The summed E-state index contributed by atoms with van der Waals surface area (Å²) in [7, 11) is 0. The molecule has 0 fully saturated rings. The van der Waals surface area contributed by atoms with Crippen molar-refractivity contribution in [1.29, 1.82) is 0 Å². The molecule has 0 aliphatic heterocycles. The molecular weight excluding hydrogens is 312 g/mol. The van der Waals surface area contributed by atoms with Crippen molar-refractivity contribution < 1.29 is 29.1 Å². The first-order valence-corrected chi connectivity index (χ1v) is 8.08. The van der Waals surface area contributed by atoms with Gasteiger partial charge in [0.2, 0.25) is 5.91 Å². The Morgan fingerprint density at radius 2 is 1.67 bits per heavy atom. The third-order valence-corrected chi connectivity index (χ3v) is 3.61. The number of nitrogens with one attached hydrogen (secondary N) is 2. The number of anilines is 1. The third-order valence-electron chi connectivity index (χ3n) is 3.61. The van der Waals surface area contributed by atoms with E-state index in [9.17, 15) is 19.5 Å². The summed E-state index contributed by atoms with van der Waals surface area (Å²) < 4.78 is 5.24. The van der Waals surface area contributed by atoms with Crippen LogP contribution in [0.3, 0.4) is 0 Å². The standard InChI is InChI=1S/C17H24N2O5/c1-3-19(4-2)12-11-17(23)24-14-7-5-13(6-8-14)18-15(20)9-10-16(21)22/h5-8H,3-4,9-12H2,1-2H3,(H,18,20)(H,21,22). The molecule has 0 aromatic heterocycles. The van der Waals surface area contributed by atoms with Crippen LogP contribution in [0, 0.1) is 0 Å². The lowest BCUT2D eigenvalue weighted by molar-refractivity contribution is -0.895. The van der Waals surface area contributed by atoms with Gasteiger partial charge in [-0.15, -0.1) is 0 Å². The average molecular weight is 336 g/mol. The molecule has 1 aromatic rings. The minimum absolute atomic E-state index is 0.146. The summed E-state index contributed by atoms with van der Waals surface area (Å²) in [5, 5.41) is 12.9. The highest BCUT2D eigenvalue weighted by molar-refractivity contribution is 5.92. The second-order valence-electron chi connectivity index (χ2n) is 5.38. The Hall–Kier alpha value is -2.41. The van der Waals surface area contributed by atoms with Gasteiger partial charge >= 0.3 is 5.97 Å². The van der Waals surface area contributed by atoms with Crippen molar-refractivity contribution in [3.8, 4) is 5.75 Å². The summed E-state index contributed by atoms with van der Waals surface area (Å²) in [4.78, 5) is 34.9. The summed E-state index contributed by atoms with van der Waals surface area (Å²) >= 11 is 0. The third kappa shape index (κ3) is 7.73. The number of benzene rings is 1. The molecule has 0 aliphatic carbocycles. The van der Waals surface area contributed by atoms with E-state index in [-0.39, 0.29) is 18.8 Å². The molecule has 0 spiro atoms. The average Bonchev–Trinajstić information content (AvgIpc) is 2.55. The molecule has 2 N–H and O–H groups in total. The van der Waals surface area contributed by atoms with Gasteiger partial charge in [0.05, 0.1) is 26.1 Å². The van der Waals surface area contributed by atoms with Gasteiger partial charge < -0.3 is 24.9 Å². The molecule has 0 heterocycles. The summed E-state index contributed by atoms with van der Waals surface area (Å²) in [6.07, 6.45) is -0.123. The van der Waals surface area contributed by atoms with Crippen LogP contribution in [0.5, 0.6) is 5.75 Å². The van der Waals surface area contributed by atoms with Gasteiger partial charge in [-0.25, -0.2) is 0 Å². The van der Waals surface area contributed by atoms with E-state index < -0.39 is 11.9 Å². The molecule has 0 saturated heterocycles. The van der Waals surface area contributed by atoms with Gasteiger partial charge in [-0.3, -0.25) is 9.59 Å². The van der Waals surface area contributed by atoms with E-state index in [1.165, 1.54) is 4.90 Å². The highest BCUT2D eigenvalue weighted by Gasteiger charge is 2.10. The predicted octanol–water partition coefficient (Wildman–Crippen LogP) is -0.625. The number of rotatable bonds is 10. The minimum Gasteiger partial charge on any atom is -0.550 e. The lowest BCUT2D eigenvalue weighted by atomic mass is 10.2.